The number of nitrogens with zero attached hydrogens (tertiary/aromatic N) is 4. The van der Waals surface area contributed by atoms with Gasteiger partial charge in [0, 0.05) is 6.20 Å². The number of hydrogen-bond donors (Lipinski definition) is 1. The fourth-order valence-corrected chi connectivity index (χ4v) is 1.57. The predicted molar refractivity (Wildman–Crippen MR) is 54.3 cm³/mol. The van der Waals surface area contributed by atoms with Crippen molar-refractivity contribution >= 4 is 29.1 Å². The number of nitrogens with one attached hydrogen (secondary N) is 1. The Labute approximate surface area is 89.5 Å². The van der Waals surface area contributed by atoms with E-state index in [9.17, 15) is 0 Å². The number of anilines is 1. The zero-order chi connectivity index (χ0) is 9.80. The highest BCUT2D eigenvalue weighted by atomic mass is 35.5. The fraction of sp³-hybridized carbons (Fsp3) is 0.143. The Hall–Kier alpha value is -1.27. The molecule has 0 aliphatic carbocycles. The van der Waals surface area contributed by atoms with E-state index in [0.717, 1.165) is 17.4 Å². The monoisotopic (exact) mass is 227 g/mol. The zero-order valence-electron chi connectivity index (χ0n) is 7.01. The second kappa shape index (κ2) is 4.30. The third-order valence-electron chi connectivity index (χ3n) is 1.51. The number of hydrogen-bond acceptors (Lipinski definition) is 6. The van der Waals surface area contributed by atoms with Gasteiger partial charge in [0.2, 0.25) is 0 Å². The van der Waals surface area contributed by atoms with E-state index < -0.39 is 0 Å². The van der Waals surface area contributed by atoms with E-state index in [-0.39, 0.29) is 0 Å². The van der Waals surface area contributed by atoms with Crippen LogP contribution in [0.15, 0.2) is 18.3 Å². The average Bonchev–Trinajstić information content (AvgIpc) is 2.63. The minimum absolute atomic E-state index is 0.388. The first-order valence-electron chi connectivity index (χ1n) is 3.85. The van der Waals surface area contributed by atoms with E-state index in [4.69, 9.17) is 11.6 Å². The minimum Gasteiger partial charge on any atom is -0.361 e. The zero-order valence-corrected chi connectivity index (χ0v) is 8.59. The summed E-state index contributed by atoms with van der Waals surface area (Å²) in [4.78, 5) is 0. The summed E-state index contributed by atoms with van der Waals surface area (Å²) in [6.07, 6.45) is 1.63. The molecule has 2 aromatic rings. The molecule has 14 heavy (non-hydrogen) atoms. The van der Waals surface area contributed by atoms with Gasteiger partial charge in [0.05, 0.1) is 24.0 Å². The van der Waals surface area contributed by atoms with Crippen molar-refractivity contribution in [2.24, 2.45) is 0 Å². The van der Waals surface area contributed by atoms with E-state index in [1.807, 2.05) is 12.1 Å². The second-order valence-electron chi connectivity index (χ2n) is 2.47. The van der Waals surface area contributed by atoms with Gasteiger partial charge in [-0.15, -0.1) is 0 Å². The standard InChI is InChI=1S/C7H6ClN5S/c8-6-7(13-14-12-6)9-4-5-2-1-3-10-11-5/h1-3H,4H2,(H,9,13). The lowest BCUT2D eigenvalue weighted by Crippen LogP contribution is -2.02. The van der Waals surface area contributed by atoms with Crippen molar-refractivity contribution in [2.75, 3.05) is 5.32 Å². The maximum absolute atomic E-state index is 5.74. The van der Waals surface area contributed by atoms with Crippen molar-refractivity contribution in [3.05, 3.63) is 29.2 Å². The van der Waals surface area contributed by atoms with Gasteiger partial charge in [-0.25, -0.2) is 0 Å². The largest absolute Gasteiger partial charge is 0.361 e. The topological polar surface area (TPSA) is 63.6 Å². The summed E-state index contributed by atoms with van der Waals surface area (Å²) < 4.78 is 7.80. The molecule has 0 fully saturated rings. The molecule has 5 nitrogen and oxygen atoms in total. The second-order valence-corrected chi connectivity index (χ2v) is 3.36. The molecule has 2 heterocycles. The van der Waals surface area contributed by atoms with E-state index >= 15 is 0 Å². The molecule has 72 valence electrons. The molecule has 0 aromatic carbocycles. The molecule has 2 aromatic heterocycles. The van der Waals surface area contributed by atoms with Crippen LogP contribution in [0.25, 0.3) is 0 Å². The van der Waals surface area contributed by atoms with E-state index in [2.05, 4.69) is 24.3 Å². The Balaban J connectivity index is 1.99. The van der Waals surface area contributed by atoms with Gasteiger partial charge in [0.1, 0.15) is 0 Å². The molecule has 0 saturated heterocycles. The molecule has 7 heteroatoms. The molecule has 0 unspecified atom stereocenters. The van der Waals surface area contributed by atoms with E-state index in [1.165, 1.54) is 0 Å². The van der Waals surface area contributed by atoms with Crippen molar-refractivity contribution in [1.29, 1.82) is 0 Å². The molecule has 0 radical (unpaired) electrons. The first-order chi connectivity index (χ1) is 6.86. The summed E-state index contributed by atoms with van der Waals surface area (Å²) in [5, 5.41) is 11.1. The van der Waals surface area contributed by atoms with Crippen LogP contribution in [0.4, 0.5) is 5.82 Å². The first-order valence-corrected chi connectivity index (χ1v) is 4.95. The van der Waals surface area contributed by atoms with E-state index in [0.29, 0.717) is 17.5 Å². The summed E-state index contributed by atoms with van der Waals surface area (Å²) in [6.45, 7) is 0.541. The normalized spacial score (nSPS) is 10.1. The lowest BCUT2D eigenvalue weighted by atomic mass is 10.4. The van der Waals surface area contributed by atoms with Gasteiger partial charge >= 0.3 is 0 Å². The van der Waals surface area contributed by atoms with Gasteiger partial charge in [-0.05, 0) is 12.1 Å². The maximum atomic E-state index is 5.74. The van der Waals surface area contributed by atoms with Crippen LogP contribution in [0, 0.1) is 0 Å². The van der Waals surface area contributed by atoms with Crippen LogP contribution in [-0.2, 0) is 6.54 Å². The van der Waals surface area contributed by atoms with Gasteiger partial charge in [-0.1, -0.05) is 11.6 Å². The molecule has 0 bridgehead atoms. The summed E-state index contributed by atoms with van der Waals surface area (Å²) in [5.74, 6) is 0.585. The summed E-state index contributed by atoms with van der Waals surface area (Å²) in [5.41, 5.74) is 0.830. The molecule has 0 saturated carbocycles. The molecule has 2 rings (SSSR count). The lowest BCUT2D eigenvalue weighted by Gasteiger charge is -2.00. The molecule has 0 aliphatic heterocycles. The fourth-order valence-electron chi connectivity index (χ4n) is 0.885. The maximum Gasteiger partial charge on any atom is 0.186 e. The quantitative estimate of drug-likeness (QED) is 0.863. The minimum atomic E-state index is 0.388. The Bertz CT molecular complexity index is 403. The highest BCUT2D eigenvalue weighted by molar-refractivity contribution is 6.99. The smallest absolute Gasteiger partial charge is 0.186 e. The van der Waals surface area contributed by atoms with Crippen LogP contribution in [0.1, 0.15) is 5.69 Å². The van der Waals surface area contributed by atoms with E-state index in [1.54, 1.807) is 6.20 Å². The van der Waals surface area contributed by atoms with Crippen LogP contribution >= 0.6 is 23.3 Å². The Morgan fingerprint density at radius 1 is 1.43 bits per heavy atom. The summed E-state index contributed by atoms with van der Waals surface area (Å²) in [7, 11) is 0. The Morgan fingerprint density at radius 2 is 2.36 bits per heavy atom. The van der Waals surface area contributed by atoms with Crippen LogP contribution < -0.4 is 5.32 Å². The van der Waals surface area contributed by atoms with Crippen LogP contribution in [0.2, 0.25) is 5.15 Å². The first kappa shape index (κ1) is 9.29. The molecule has 0 spiro atoms. The average molecular weight is 228 g/mol. The summed E-state index contributed by atoms with van der Waals surface area (Å²) >= 11 is 6.82. The Kier molecular flexibility index (Phi) is 2.85. The number of halogens is 1. The molecule has 1 N–H and O–H groups in total. The molecular weight excluding hydrogens is 222 g/mol. The van der Waals surface area contributed by atoms with Crippen molar-refractivity contribution in [1.82, 2.24) is 18.9 Å². The van der Waals surface area contributed by atoms with Gasteiger partial charge in [-0.3, -0.25) is 0 Å². The molecule has 0 amide bonds. The van der Waals surface area contributed by atoms with Crippen molar-refractivity contribution in [2.45, 2.75) is 6.54 Å². The van der Waals surface area contributed by atoms with Gasteiger partial charge in [0.25, 0.3) is 0 Å². The number of rotatable bonds is 3. The van der Waals surface area contributed by atoms with Gasteiger partial charge in [-0.2, -0.15) is 18.9 Å². The van der Waals surface area contributed by atoms with Crippen LogP contribution in [0.5, 0.6) is 0 Å². The highest BCUT2D eigenvalue weighted by Crippen LogP contribution is 2.17. The number of aromatic nitrogens is 4. The van der Waals surface area contributed by atoms with Crippen molar-refractivity contribution in [3.63, 3.8) is 0 Å². The molecular formula is C7H6ClN5S. The van der Waals surface area contributed by atoms with Gasteiger partial charge < -0.3 is 5.32 Å². The molecule has 0 aliphatic rings. The summed E-state index contributed by atoms with van der Waals surface area (Å²) in [6, 6.07) is 3.69. The predicted octanol–water partition coefficient (Wildman–Crippen LogP) is 1.59. The van der Waals surface area contributed by atoms with Crippen LogP contribution in [-0.4, -0.2) is 18.9 Å². The van der Waals surface area contributed by atoms with Crippen LogP contribution in [0.3, 0.4) is 0 Å². The highest BCUT2D eigenvalue weighted by Gasteiger charge is 2.04. The molecule has 0 atom stereocenters. The van der Waals surface area contributed by atoms with Crippen molar-refractivity contribution < 1.29 is 0 Å². The van der Waals surface area contributed by atoms with Crippen molar-refractivity contribution in [3.8, 4) is 0 Å². The third kappa shape index (κ3) is 2.15. The third-order valence-corrected chi connectivity index (χ3v) is 2.41. The lowest BCUT2D eigenvalue weighted by molar-refractivity contribution is 0.922. The Morgan fingerprint density at radius 3 is 3.00 bits per heavy atom. The van der Waals surface area contributed by atoms with Gasteiger partial charge in [0.15, 0.2) is 11.0 Å². The SMILES string of the molecule is Clc1nsnc1NCc1cccnn1.